The molecule has 1 atom stereocenters. The molecule has 2 fully saturated rings. The van der Waals surface area contributed by atoms with Crippen molar-refractivity contribution in [1.82, 2.24) is 9.80 Å². The summed E-state index contributed by atoms with van der Waals surface area (Å²) >= 11 is 0. The first-order valence-electron chi connectivity index (χ1n) is 8.14. The third-order valence-corrected chi connectivity index (χ3v) is 4.18. The maximum absolute atomic E-state index is 12.1. The van der Waals surface area contributed by atoms with Gasteiger partial charge in [-0.2, -0.15) is 0 Å². The molecule has 0 aromatic carbocycles. The summed E-state index contributed by atoms with van der Waals surface area (Å²) < 4.78 is 10.8. The fraction of sp³-hybridized carbons (Fsp3) is 0.875. The van der Waals surface area contributed by atoms with Crippen LogP contribution in [-0.4, -0.2) is 73.2 Å². The minimum Gasteiger partial charge on any atom is -0.444 e. The molecule has 0 N–H and O–H groups in total. The highest BCUT2D eigenvalue weighted by Crippen LogP contribution is 2.20. The number of carbonyl (C=O) groups excluding carboxylic acids is 2. The van der Waals surface area contributed by atoms with E-state index in [-0.39, 0.29) is 12.1 Å². The highest BCUT2D eigenvalue weighted by molar-refractivity contribution is 5.70. The summed E-state index contributed by atoms with van der Waals surface area (Å²) in [5.74, 6) is 0.587. The molecular weight excluding hydrogens is 284 g/mol. The molecule has 2 saturated heterocycles. The monoisotopic (exact) mass is 312 g/mol. The van der Waals surface area contributed by atoms with Crippen molar-refractivity contribution in [2.75, 3.05) is 39.4 Å². The molecule has 0 aliphatic carbocycles. The van der Waals surface area contributed by atoms with Crippen LogP contribution in [0.3, 0.4) is 0 Å². The molecule has 6 nitrogen and oxygen atoms in total. The summed E-state index contributed by atoms with van der Waals surface area (Å²) in [5.41, 5.74) is -0.507. The first-order chi connectivity index (χ1) is 10.4. The third-order valence-electron chi connectivity index (χ3n) is 4.18. The van der Waals surface area contributed by atoms with Crippen LogP contribution in [0.5, 0.6) is 0 Å². The van der Waals surface area contributed by atoms with E-state index < -0.39 is 5.60 Å². The number of amides is 1. The molecular formula is C16H28N2O4. The van der Waals surface area contributed by atoms with Crippen molar-refractivity contribution in [1.29, 1.82) is 0 Å². The number of hydrogen-bond donors (Lipinski definition) is 0. The van der Waals surface area contributed by atoms with Gasteiger partial charge in [0.25, 0.3) is 0 Å². The molecule has 0 aromatic rings. The van der Waals surface area contributed by atoms with Crippen molar-refractivity contribution in [3.05, 3.63) is 0 Å². The zero-order valence-electron chi connectivity index (χ0n) is 13.9. The highest BCUT2D eigenvalue weighted by Gasteiger charge is 2.33. The van der Waals surface area contributed by atoms with Crippen molar-refractivity contribution < 1.29 is 19.1 Å². The van der Waals surface area contributed by atoms with Gasteiger partial charge in [0.15, 0.2) is 0 Å². The Labute approximate surface area is 132 Å². The lowest BCUT2D eigenvalue weighted by atomic mass is 9.98. The van der Waals surface area contributed by atoms with Gasteiger partial charge in [-0.05, 0) is 39.5 Å². The first-order valence-corrected chi connectivity index (χ1v) is 8.14. The minimum atomic E-state index is -0.507. The van der Waals surface area contributed by atoms with Gasteiger partial charge in [0.05, 0.1) is 6.04 Å². The highest BCUT2D eigenvalue weighted by atomic mass is 16.6. The number of aldehydes is 1. The van der Waals surface area contributed by atoms with Crippen LogP contribution in [-0.2, 0) is 14.3 Å². The Kier molecular flexibility index (Phi) is 5.81. The van der Waals surface area contributed by atoms with Crippen molar-refractivity contribution in [2.24, 2.45) is 5.92 Å². The molecule has 2 aliphatic heterocycles. The van der Waals surface area contributed by atoms with E-state index in [0.717, 1.165) is 45.4 Å². The SMILES string of the molecule is CC(C)(C)OC(=O)N1CCN(CC2CCOCC2)[C@@H](C=O)C1. The Morgan fingerprint density at radius 3 is 2.55 bits per heavy atom. The molecule has 1 amide bonds. The molecule has 2 heterocycles. The van der Waals surface area contributed by atoms with Gasteiger partial charge in [0, 0.05) is 39.4 Å². The van der Waals surface area contributed by atoms with Gasteiger partial charge in [-0.25, -0.2) is 4.79 Å². The predicted molar refractivity (Wildman–Crippen MR) is 82.8 cm³/mol. The average Bonchev–Trinajstić information content (AvgIpc) is 2.47. The van der Waals surface area contributed by atoms with Crippen molar-refractivity contribution in [3.8, 4) is 0 Å². The summed E-state index contributed by atoms with van der Waals surface area (Å²) in [6, 6.07) is -0.232. The molecule has 0 aromatic heterocycles. The molecule has 2 aliphatic rings. The molecule has 0 unspecified atom stereocenters. The third kappa shape index (κ3) is 4.95. The molecule has 126 valence electrons. The Morgan fingerprint density at radius 1 is 1.27 bits per heavy atom. The van der Waals surface area contributed by atoms with Gasteiger partial charge in [0.2, 0.25) is 0 Å². The average molecular weight is 312 g/mol. The van der Waals surface area contributed by atoms with Crippen LogP contribution < -0.4 is 0 Å². The van der Waals surface area contributed by atoms with Crippen LogP contribution in [0.1, 0.15) is 33.6 Å². The maximum Gasteiger partial charge on any atom is 0.410 e. The Bertz CT molecular complexity index is 388. The number of nitrogens with zero attached hydrogens (tertiary/aromatic N) is 2. The second-order valence-corrected chi connectivity index (χ2v) is 7.18. The van der Waals surface area contributed by atoms with E-state index in [9.17, 15) is 9.59 Å². The van der Waals surface area contributed by atoms with Crippen LogP contribution in [0, 0.1) is 5.92 Å². The van der Waals surface area contributed by atoms with Gasteiger partial charge in [-0.1, -0.05) is 0 Å². The van der Waals surface area contributed by atoms with Crippen LogP contribution in [0.25, 0.3) is 0 Å². The van der Waals surface area contributed by atoms with Crippen molar-refractivity contribution >= 4 is 12.4 Å². The van der Waals surface area contributed by atoms with Crippen LogP contribution in [0.2, 0.25) is 0 Å². The van der Waals surface area contributed by atoms with Crippen LogP contribution >= 0.6 is 0 Å². The van der Waals surface area contributed by atoms with Crippen LogP contribution in [0.4, 0.5) is 4.79 Å². The topological polar surface area (TPSA) is 59.1 Å². The molecule has 22 heavy (non-hydrogen) atoms. The van der Waals surface area contributed by atoms with Crippen molar-refractivity contribution in [2.45, 2.75) is 45.3 Å². The number of hydrogen-bond acceptors (Lipinski definition) is 5. The number of carbonyl (C=O) groups is 2. The Hall–Kier alpha value is -1.14. The van der Waals surface area contributed by atoms with E-state index in [0.29, 0.717) is 19.0 Å². The van der Waals surface area contributed by atoms with Gasteiger partial charge < -0.3 is 19.2 Å². The van der Waals surface area contributed by atoms with E-state index in [4.69, 9.17) is 9.47 Å². The van der Waals surface area contributed by atoms with Crippen LogP contribution in [0.15, 0.2) is 0 Å². The summed E-state index contributed by atoms with van der Waals surface area (Å²) in [6.45, 7) is 9.85. The van der Waals surface area contributed by atoms with E-state index >= 15 is 0 Å². The summed E-state index contributed by atoms with van der Waals surface area (Å²) in [6.07, 6.45) is 2.73. The molecule has 0 radical (unpaired) electrons. The second kappa shape index (κ2) is 7.42. The van der Waals surface area contributed by atoms with Gasteiger partial charge in [-0.15, -0.1) is 0 Å². The summed E-state index contributed by atoms with van der Waals surface area (Å²) in [4.78, 5) is 27.4. The lowest BCUT2D eigenvalue weighted by Gasteiger charge is -2.41. The van der Waals surface area contributed by atoms with E-state index in [1.807, 2.05) is 20.8 Å². The molecule has 0 bridgehead atoms. The fourth-order valence-corrected chi connectivity index (χ4v) is 2.96. The number of rotatable bonds is 3. The molecule has 6 heteroatoms. The van der Waals surface area contributed by atoms with Gasteiger partial charge in [0.1, 0.15) is 11.9 Å². The minimum absolute atomic E-state index is 0.232. The normalized spacial score (nSPS) is 25.0. The molecule has 2 rings (SSSR count). The van der Waals surface area contributed by atoms with Gasteiger partial charge >= 0.3 is 6.09 Å². The fourth-order valence-electron chi connectivity index (χ4n) is 2.96. The quantitative estimate of drug-likeness (QED) is 0.740. The van der Waals surface area contributed by atoms with Gasteiger partial charge in [-0.3, -0.25) is 4.90 Å². The summed E-state index contributed by atoms with van der Waals surface area (Å²) in [5, 5.41) is 0. The van der Waals surface area contributed by atoms with Crippen molar-refractivity contribution in [3.63, 3.8) is 0 Å². The lowest BCUT2D eigenvalue weighted by molar-refractivity contribution is -0.115. The maximum atomic E-state index is 12.1. The van der Waals surface area contributed by atoms with E-state index in [2.05, 4.69) is 4.90 Å². The molecule has 0 saturated carbocycles. The predicted octanol–water partition coefficient (Wildman–Crippen LogP) is 1.53. The second-order valence-electron chi connectivity index (χ2n) is 7.18. The smallest absolute Gasteiger partial charge is 0.410 e. The van der Waals surface area contributed by atoms with E-state index in [1.54, 1.807) is 4.90 Å². The number of piperazine rings is 1. The summed E-state index contributed by atoms with van der Waals surface area (Å²) in [7, 11) is 0. The number of ether oxygens (including phenoxy) is 2. The zero-order chi connectivity index (χ0) is 16.2. The Balaban J connectivity index is 1.87. The first kappa shape index (κ1) is 17.2. The Morgan fingerprint density at radius 2 is 1.95 bits per heavy atom. The molecule has 0 spiro atoms. The largest absolute Gasteiger partial charge is 0.444 e. The standard InChI is InChI=1S/C16H28N2O4/c1-16(2,3)22-15(20)18-7-6-17(14(11-18)12-19)10-13-4-8-21-9-5-13/h12-14H,4-11H2,1-3H3/t14-/m1/s1. The van der Waals surface area contributed by atoms with E-state index in [1.165, 1.54) is 0 Å². The lowest BCUT2D eigenvalue weighted by Crippen LogP contribution is -2.57. The zero-order valence-corrected chi connectivity index (χ0v) is 13.9.